The second-order valence-electron chi connectivity index (χ2n) is 15.0. The van der Waals surface area contributed by atoms with E-state index in [1.165, 1.54) is 10.8 Å². The second-order valence-corrected chi connectivity index (χ2v) is 15.0. The Labute approximate surface area is 345 Å². The maximum absolute atomic E-state index is 9.16. The third-order valence-corrected chi connectivity index (χ3v) is 11.8. The molecular weight excluding hydrogens is 701 g/mol. The van der Waals surface area contributed by atoms with Gasteiger partial charge in [-0.1, -0.05) is 170 Å². The van der Waals surface area contributed by atoms with Crippen molar-refractivity contribution in [2.45, 2.75) is 6.42 Å². The molecule has 11 aromatic carbocycles. The van der Waals surface area contributed by atoms with E-state index in [2.05, 4.69) is 133 Å². The molecule has 0 radical (unpaired) electrons. The smallest absolute Gasteiger partial charge is 0.136 e. The standard InChI is InChI=1S/C57H36O/c1-2-15-38-31-39(28-27-36(38)13-1)40-29-30-54-53(33-40)57-46(25-12-26-55(57)58-54)43-32-41-16-4-6-20-45(41)52(35-43)56-49-23-9-7-21-47(49)51(48-22-8-10-24-50(48)56)34-42-18-11-17-37-14-3-5-19-44(37)42/h1-33,35H,34H2/i3D,5D,11D,14D,17D,18D,19D. The highest BCUT2D eigenvalue weighted by atomic mass is 16.3. The topological polar surface area (TPSA) is 13.1 Å². The molecule has 0 atom stereocenters. The molecule has 0 amide bonds. The maximum Gasteiger partial charge on any atom is 0.136 e. The first kappa shape index (κ1) is 26.4. The predicted molar refractivity (Wildman–Crippen MR) is 247 cm³/mol. The summed E-state index contributed by atoms with van der Waals surface area (Å²) in [4.78, 5) is 0. The summed E-state index contributed by atoms with van der Waals surface area (Å²) in [6, 6.07) is 54.6. The van der Waals surface area contributed by atoms with Crippen molar-refractivity contribution < 1.29 is 14.0 Å². The predicted octanol–water partition coefficient (Wildman–Crippen LogP) is 15.9. The van der Waals surface area contributed by atoms with Crippen molar-refractivity contribution >= 4 is 75.8 Å². The summed E-state index contributed by atoms with van der Waals surface area (Å²) in [6.45, 7) is 0. The van der Waals surface area contributed by atoms with Crippen molar-refractivity contribution in [2.24, 2.45) is 0 Å². The fourth-order valence-corrected chi connectivity index (χ4v) is 9.16. The van der Waals surface area contributed by atoms with Gasteiger partial charge in [0, 0.05) is 10.8 Å². The van der Waals surface area contributed by atoms with Crippen LogP contribution in [0.15, 0.2) is 211 Å². The molecule has 1 heterocycles. The van der Waals surface area contributed by atoms with Crippen LogP contribution in [0.3, 0.4) is 0 Å². The fraction of sp³-hybridized carbons (Fsp3) is 0.0175. The lowest BCUT2D eigenvalue weighted by Gasteiger charge is -2.20. The van der Waals surface area contributed by atoms with Crippen LogP contribution in [-0.2, 0) is 6.42 Å². The van der Waals surface area contributed by atoms with Crippen LogP contribution in [0.1, 0.15) is 20.7 Å². The quantitative estimate of drug-likeness (QED) is 0.160. The van der Waals surface area contributed by atoms with Crippen molar-refractivity contribution in [1.29, 1.82) is 0 Å². The zero-order valence-corrected chi connectivity index (χ0v) is 31.2. The van der Waals surface area contributed by atoms with Gasteiger partial charge in [0.25, 0.3) is 0 Å². The average Bonchev–Trinajstić information content (AvgIpc) is 3.73. The molecule has 1 nitrogen and oxygen atoms in total. The molecule has 0 unspecified atom stereocenters. The largest absolute Gasteiger partial charge is 0.456 e. The van der Waals surface area contributed by atoms with Gasteiger partial charge in [-0.3, -0.25) is 0 Å². The number of benzene rings is 11. The van der Waals surface area contributed by atoms with E-state index in [4.69, 9.17) is 14.0 Å². The number of hydrogen-bond acceptors (Lipinski definition) is 1. The molecule has 12 rings (SSSR count). The van der Waals surface area contributed by atoms with Gasteiger partial charge in [-0.05, 0) is 141 Å². The van der Waals surface area contributed by atoms with Gasteiger partial charge < -0.3 is 4.42 Å². The Morgan fingerprint density at radius 2 is 1.03 bits per heavy atom. The Hall–Kier alpha value is -7.48. The van der Waals surface area contributed by atoms with Gasteiger partial charge in [0.05, 0.1) is 9.60 Å². The molecule has 1 heteroatoms. The number of furan rings is 1. The van der Waals surface area contributed by atoms with Crippen LogP contribution in [0, 0.1) is 0 Å². The van der Waals surface area contributed by atoms with Crippen molar-refractivity contribution in [2.75, 3.05) is 0 Å². The van der Waals surface area contributed by atoms with E-state index in [9.17, 15) is 0 Å². The van der Waals surface area contributed by atoms with Gasteiger partial charge in [0.2, 0.25) is 0 Å². The summed E-state index contributed by atoms with van der Waals surface area (Å²) in [7, 11) is 0. The average molecular weight is 744 g/mol. The van der Waals surface area contributed by atoms with Crippen LogP contribution >= 0.6 is 0 Å². The Balaban J connectivity index is 1.10. The fourth-order valence-electron chi connectivity index (χ4n) is 9.16. The lowest BCUT2D eigenvalue weighted by molar-refractivity contribution is 0.669. The second kappa shape index (κ2) is 13.0. The Bertz CT molecular complexity index is 3950. The van der Waals surface area contributed by atoms with E-state index >= 15 is 0 Å². The monoisotopic (exact) mass is 743 g/mol. The zero-order chi connectivity index (χ0) is 44.2. The van der Waals surface area contributed by atoms with Crippen LogP contribution in [0.2, 0.25) is 0 Å². The summed E-state index contributed by atoms with van der Waals surface area (Å²) < 4.78 is 67.8. The molecule has 1 aromatic heterocycles. The third-order valence-electron chi connectivity index (χ3n) is 11.8. The Kier molecular flexibility index (Phi) is 5.94. The minimum Gasteiger partial charge on any atom is -0.456 e. The molecule has 0 aliphatic carbocycles. The van der Waals surface area contributed by atoms with E-state index in [0.717, 1.165) is 93.2 Å². The van der Waals surface area contributed by atoms with Crippen LogP contribution < -0.4 is 0 Å². The lowest BCUT2D eigenvalue weighted by Crippen LogP contribution is -1.97. The van der Waals surface area contributed by atoms with Gasteiger partial charge in [0.1, 0.15) is 11.2 Å². The number of fused-ring (bicyclic) bond motifs is 8. The SMILES string of the molecule is [2H]c1c([2H])c([2H])c2c(Cc3c4ccccc4c(-c4cc(-c5cccc6oc7ccc(-c8ccc9ccccc9c8)cc7c56)cc5ccccc45)c4ccccc34)c([2H])c([2H])c([2H])c2c1[2H]. The molecule has 0 N–H and O–H groups in total. The van der Waals surface area contributed by atoms with E-state index in [1.807, 2.05) is 30.3 Å². The number of rotatable bonds is 5. The zero-order valence-electron chi connectivity index (χ0n) is 38.2. The van der Waals surface area contributed by atoms with Crippen LogP contribution in [-0.4, -0.2) is 0 Å². The van der Waals surface area contributed by atoms with Gasteiger partial charge in [-0.2, -0.15) is 0 Å². The van der Waals surface area contributed by atoms with E-state index in [0.29, 0.717) is 5.56 Å². The van der Waals surface area contributed by atoms with Gasteiger partial charge in [0.15, 0.2) is 0 Å². The molecular formula is C57H36O. The third kappa shape index (κ3) is 5.17. The maximum atomic E-state index is 9.16. The number of hydrogen-bond donors (Lipinski definition) is 0. The van der Waals surface area contributed by atoms with E-state index < -0.39 is 12.1 Å². The van der Waals surface area contributed by atoms with Crippen molar-refractivity contribution in [3.05, 3.63) is 217 Å². The molecule has 270 valence electrons. The van der Waals surface area contributed by atoms with Crippen molar-refractivity contribution in [1.82, 2.24) is 0 Å². The van der Waals surface area contributed by atoms with Crippen LogP contribution in [0.4, 0.5) is 0 Å². The van der Waals surface area contributed by atoms with Crippen molar-refractivity contribution in [3.63, 3.8) is 0 Å². The summed E-state index contributed by atoms with van der Waals surface area (Å²) in [5, 5.41) is 10.5. The normalized spacial score (nSPS) is 13.6. The Morgan fingerprint density at radius 3 is 1.86 bits per heavy atom. The molecule has 0 saturated carbocycles. The molecule has 12 aromatic rings. The van der Waals surface area contributed by atoms with Crippen LogP contribution in [0.25, 0.3) is 109 Å². The summed E-state index contributed by atoms with van der Waals surface area (Å²) in [5.41, 5.74) is 9.23. The highest BCUT2D eigenvalue weighted by molar-refractivity contribution is 6.20. The van der Waals surface area contributed by atoms with Crippen LogP contribution in [0.5, 0.6) is 0 Å². The Morgan fingerprint density at radius 1 is 0.379 bits per heavy atom. The minimum absolute atomic E-state index is 0.0363. The van der Waals surface area contributed by atoms with E-state index in [-0.39, 0.29) is 47.4 Å². The summed E-state index contributed by atoms with van der Waals surface area (Å²) in [5.74, 6) is 0. The molecule has 0 bridgehead atoms. The molecule has 0 saturated heterocycles. The molecule has 0 aliphatic rings. The lowest BCUT2D eigenvalue weighted by atomic mass is 9.83. The van der Waals surface area contributed by atoms with Gasteiger partial charge in [-0.15, -0.1) is 0 Å². The van der Waals surface area contributed by atoms with Crippen molar-refractivity contribution in [3.8, 4) is 33.4 Å². The first-order valence-corrected chi connectivity index (χ1v) is 19.5. The van der Waals surface area contributed by atoms with Gasteiger partial charge >= 0.3 is 0 Å². The van der Waals surface area contributed by atoms with E-state index in [1.54, 1.807) is 0 Å². The van der Waals surface area contributed by atoms with Gasteiger partial charge in [-0.25, -0.2) is 0 Å². The molecule has 0 fully saturated rings. The first-order valence-electron chi connectivity index (χ1n) is 23.0. The molecule has 58 heavy (non-hydrogen) atoms. The highest BCUT2D eigenvalue weighted by Gasteiger charge is 2.20. The molecule has 0 aliphatic heterocycles. The molecule has 0 spiro atoms. The summed E-state index contributed by atoms with van der Waals surface area (Å²) in [6.07, 6.45) is 0.114. The first-order chi connectivity index (χ1) is 31.7. The summed E-state index contributed by atoms with van der Waals surface area (Å²) >= 11 is 0. The minimum atomic E-state index is -0.461. The highest BCUT2D eigenvalue weighted by Crippen LogP contribution is 2.46.